The van der Waals surface area contributed by atoms with Gasteiger partial charge in [-0.25, -0.2) is 0 Å². The van der Waals surface area contributed by atoms with Crippen molar-refractivity contribution < 1.29 is 4.79 Å². The average Bonchev–Trinajstić information content (AvgIpc) is 2.19. The Hall–Kier alpha value is -1.42. The summed E-state index contributed by atoms with van der Waals surface area (Å²) in [6.45, 7) is 0. The Morgan fingerprint density at radius 2 is 2.00 bits per heavy atom. The summed E-state index contributed by atoms with van der Waals surface area (Å²) in [7, 11) is 1.67. The van der Waals surface area contributed by atoms with Gasteiger partial charge in [-0.15, -0.1) is 0 Å². The quantitative estimate of drug-likeness (QED) is 0.708. The molecule has 1 aromatic carbocycles. The van der Waals surface area contributed by atoms with Crippen molar-refractivity contribution in [2.75, 3.05) is 7.05 Å². The lowest BCUT2D eigenvalue weighted by atomic mass is 10.1. The van der Waals surface area contributed by atoms with E-state index in [1.54, 1.807) is 7.05 Å². The third-order valence-corrected chi connectivity index (χ3v) is 1.99. The molecule has 0 unspecified atom stereocenters. The van der Waals surface area contributed by atoms with Crippen LogP contribution in [0.25, 0.3) is 0 Å². The Labute approximate surface area is 88.5 Å². The fraction of sp³-hybridized carbons (Fsp3) is 0.200. The van der Waals surface area contributed by atoms with Crippen LogP contribution in [0.1, 0.15) is 5.56 Å². The van der Waals surface area contributed by atoms with Crippen LogP contribution in [0, 0.1) is 0 Å². The molecule has 4 heteroatoms. The van der Waals surface area contributed by atoms with Crippen molar-refractivity contribution in [2.45, 2.75) is 6.42 Å². The Morgan fingerprint density at radius 1 is 1.36 bits per heavy atom. The van der Waals surface area contributed by atoms with Crippen LogP contribution in [-0.2, 0) is 11.2 Å². The van der Waals surface area contributed by atoms with Gasteiger partial charge in [-0.1, -0.05) is 30.3 Å². The second-order valence-electron chi connectivity index (χ2n) is 2.79. The predicted molar refractivity (Wildman–Crippen MR) is 59.9 cm³/mol. The fourth-order valence-electron chi connectivity index (χ4n) is 1.01. The molecule has 1 rings (SSSR count). The summed E-state index contributed by atoms with van der Waals surface area (Å²) >= 11 is 4.80. The lowest BCUT2D eigenvalue weighted by Crippen LogP contribution is -2.37. The zero-order valence-electron chi connectivity index (χ0n) is 7.91. The molecular formula is C10H12N2OS. The lowest BCUT2D eigenvalue weighted by molar-refractivity contribution is -0.119. The number of rotatable bonds is 2. The number of amides is 1. The smallest absolute Gasteiger partial charge is 0.230 e. The van der Waals surface area contributed by atoms with Crippen molar-refractivity contribution in [1.82, 2.24) is 10.6 Å². The zero-order chi connectivity index (χ0) is 10.4. The molecule has 74 valence electrons. The number of nitrogens with one attached hydrogen (secondary N) is 2. The molecule has 0 aromatic heterocycles. The van der Waals surface area contributed by atoms with Gasteiger partial charge in [0.1, 0.15) is 0 Å². The molecule has 0 aliphatic heterocycles. The zero-order valence-corrected chi connectivity index (χ0v) is 8.73. The van der Waals surface area contributed by atoms with Crippen LogP contribution in [0.2, 0.25) is 0 Å². The lowest BCUT2D eigenvalue weighted by Gasteiger charge is -2.05. The van der Waals surface area contributed by atoms with Gasteiger partial charge >= 0.3 is 0 Å². The van der Waals surface area contributed by atoms with E-state index in [1.807, 2.05) is 30.3 Å². The molecule has 0 radical (unpaired) electrons. The van der Waals surface area contributed by atoms with Gasteiger partial charge < -0.3 is 10.6 Å². The van der Waals surface area contributed by atoms with Gasteiger partial charge in [-0.05, 0) is 17.8 Å². The molecule has 0 saturated heterocycles. The van der Waals surface area contributed by atoms with Crippen LogP contribution in [0.4, 0.5) is 0 Å². The monoisotopic (exact) mass is 208 g/mol. The van der Waals surface area contributed by atoms with E-state index in [0.717, 1.165) is 5.56 Å². The molecule has 3 nitrogen and oxygen atoms in total. The second kappa shape index (κ2) is 5.34. The molecule has 0 aliphatic carbocycles. The average molecular weight is 208 g/mol. The summed E-state index contributed by atoms with van der Waals surface area (Å²) in [6.07, 6.45) is 0.350. The van der Waals surface area contributed by atoms with Crippen LogP contribution in [-0.4, -0.2) is 18.1 Å². The molecule has 0 bridgehead atoms. The minimum Gasteiger partial charge on any atom is -0.365 e. The molecule has 2 N–H and O–H groups in total. The maximum atomic E-state index is 11.3. The number of hydrogen-bond donors (Lipinski definition) is 2. The maximum Gasteiger partial charge on any atom is 0.230 e. The molecule has 1 amide bonds. The van der Waals surface area contributed by atoms with Crippen molar-refractivity contribution in [2.24, 2.45) is 0 Å². The van der Waals surface area contributed by atoms with Gasteiger partial charge in [-0.2, -0.15) is 0 Å². The number of hydrogen-bond acceptors (Lipinski definition) is 2. The molecule has 0 spiro atoms. The van der Waals surface area contributed by atoms with E-state index in [-0.39, 0.29) is 5.91 Å². The highest BCUT2D eigenvalue weighted by atomic mass is 32.1. The minimum atomic E-state index is -0.101. The Kier molecular flexibility index (Phi) is 4.07. The largest absolute Gasteiger partial charge is 0.365 e. The van der Waals surface area contributed by atoms with Gasteiger partial charge in [0, 0.05) is 7.05 Å². The van der Waals surface area contributed by atoms with Crippen molar-refractivity contribution in [3.63, 3.8) is 0 Å². The van der Waals surface area contributed by atoms with E-state index in [4.69, 9.17) is 12.2 Å². The van der Waals surface area contributed by atoms with Gasteiger partial charge in [-0.3, -0.25) is 4.79 Å². The topological polar surface area (TPSA) is 41.1 Å². The normalized spacial score (nSPS) is 9.21. The van der Waals surface area contributed by atoms with Gasteiger partial charge in [0.05, 0.1) is 6.42 Å². The Balaban J connectivity index is 2.46. The SMILES string of the molecule is CNC(=S)NC(=O)Cc1ccccc1. The highest BCUT2D eigenvalue weighted by Crippen LogP contribution is 1.98. The molecule has 0 atom stereocenters. The van der Waals surface area contributed by atoms with E-state index in [2.05, 4.69) is 10.6 Å². The summed E-state index contributed by atoms with van der Waals surface area (Å²) in [5.41, 5.74) is 0.976. The summed E-state index contributed by atoms with van der Waals surface area (Å²) in [6, 6.07) is 9.53. The number of thiocarbonyl (C=S) groups is 1. The predicted octanol–water partition coefficient (Wildman–Crippen LogP) is 0.850. The summed E-state index contributed by atoms with van der Waals surface area (Å²) in [4.78, 5) is 11.3. The minimum absolute atomic E-state index is 0.101. The standard InChI is InChI=1S/C10H12N2OS/c1-11-10(14)12-9(13)7-8-5-3-2-4-6-8/h2-6H,7H2,1H3,(H2,11,12,13,14). The molecule has 0 saturated carbocycles. The van der Waals surface area contributed by atoms with Crippen LogP contribution in [0.5, 0.6) is 0 Å². The first kappa shape index (κ1) is 10.7. The van der Waals surface area contributed by atoms with Crippen LogP contribution < -0.4 is 10.6 Å². The first-order valence-electron chi connectivity index (χ1n) is 4.28. The number of carbonyl (C=O) groups excluding carboxylic acids is 1. The van der Waals surface area contributed by atoms with Crippen molar-refractivity contribution >= 4 is 23.2 Å². The van der Waals surface area contributed by atoms with Crippen LogP contribution >= 0.6 is 12.2 Å². The van der Waals surface area contributed by atoms with Crippen LogP contribution in [0.15, 0.2) is 30.3 Å². The summed E-state index contributed by atoms with van der Waals surface area (Å²) in [5.74, 6) is -0.101. The summed E-state index contributed by atoms with van der Waals surface area (Å²) in [5, 5.41) is 5.59. The van der Waals surface area contributed by atoms with E-state index in [9.17, 15) is 4.79 Å². The molecule has 0 heterocycles. The summed E-state index contributed by atoms with van der Waals surface area (Å²) < 4.78 is 0. The highest BCUT2D eigenvalue weighted by molar-refractivity contribution is 7.80. The van der Waals surface area contributed by atoms with E-state index >= 15 is 0 Å². The van der Waals surface area contributed by atoms with Gasteiger partial charge in [0.2, 0.25) is 5.91 Å². The van der Waals surface area contributed by atoms with Crippen molar-refractivity contribution in [3.05, 3.63) is 35.9 Å². The van der Waals surface area contributed by atoms with E-state index in [0.29, 0.717) is 11.5 Å². The fourth-order valence-corrected chi connectivity index (χ4v) is 1.13. The number of carbonyl (C=O) groups is 1. The second-order valence-corrected chi connectivity index (χ2v) is 3.20. The molecule has 0 aliphatic rings. The maximum absolute atomic E-state index is 11.3. The Morgan fingerprint density at radius 3 is 2.57 bits per heavy atom. The first-order valence-corrected chi connectivity index (χ1v) is 4.68. The van der Waals surface area contributed by atoms with Gasteiger partial charge in [0.15, 0.2) is 5.11 Å². The first-order chi connectivity index (χ1) is 6.72. The van der Waals surface area contributed by atoms with Gasteiger partial charge in [0.25, 0.3) is 0 Å². The highest BCUT2D eigenvalue weighted by Gasteiger charge is 2.03. The molecule has 0 fully saturated rings. The third kappa shape index (κ3) is 3.53. The number of benzene rings is 1. The third-order valence-electron chi connectivity index (χ3n) is 1.69. The van der Waals surface area contributed by atoms with E-state index in [1.165, 1.54) is 0 Å². The van der Waals surface area contributed by atoms with Crippen LogP contribution in [0.3, 0.4) is 0 Å². The molecule has 14 heavy (non-hydrogen) atoms. The Bertz CT molecular complexity index is 324. The van der Waals surface area contributed by atoms with E-state index < -0.39 is 0 Å². The van der Waals surface area contributed by atoms with Crippen molar-refractivity contribution in [3.8, 4) is 0 Å². The molecule has 1 aromatic rings. The molecular weight excluding hydrogens is 196 g/mol. The van der Waals surface area contributed by atoms with Crippen molar-refractivity contribution in [1.29, 1.82) is 0 Å².